The Morgan fingerprint density at radius 1 is 0.380 bits per heavy atom. The van der Waals surface area contributed by atoms with Crippen LogP contribution in [0.5, 0.6) is 0 Å². The lowest BCUT2D eigenvalue weighted by atomic mass is 9.97. The summed E-state index contributed by atoms with van der Waals surface area (Å²) in [4.78, 5) is 0. The third-order valence-electron chi connectivity index (χ3n) is 10.1. The molecule has 0 aliphatic carbocycles. The van der Waals surface area contributed by atoms with E-state index in [0.717, 1.165) is 23.7 Å². The number of rotatable bonds is 22. The quantitative estimate of drug-likeness (QED) is 0.0425. The average molecular weight is 807 g/mol. The van der Waals surface area contributed by atoms with Crippen LogP contribution in [0.4, 0.5) is 0 Å². The maximum absolute atomic E-state index is 3.50. The fraction of sp³-hybridized carbons (Fsp3) is 0.522. The van der Waals surface area contributed by atoms with Crippen LogP contribution in [0.1, 0.15) is 122 Å². The Bertz CT molecular complexity index is 1390. The fourth-order valence-electron chi connectivity index (χ4n) is 6.58. The lowest BCUT2D eigenvalue weighted by Gasteiger charge is -2.09. The molecule has 0 N–H and O–H groups in total. The molecule has 4 rings (SSSR count). The molecule has 0 spiro atoms. The van der Waals surface area contributed by atoms with Crippen molar-refractivity contribution in [3.63, 3.8) is 0 Å². The first-order valence-corrected chi connectivity index (χ1v) is 21.8. The number of halogens is 2. The zero-order valence-corrected chi connectivity index (χ0v) is 35.0. The molecule has 0 bridgehead atoms. The Kier molecular flexibility index (Phi) is 21.6. The maximum atomic E-state index is 3.50. The topological polar surface area (TPSA) is 7.76 Å². The van der Waals surface area contributed by atoms with Crippen molar-refractivity contribution in [2.45, 2.75) is 144 Å². The SMILES string of the molecule is BrCCCCCc1ccccc1CCCCCBr.Cc1cc[n+](CCCCCc2ccccc2CCCCC[n+]2ccc(C)c(C)c2)cc1C. The van der Waals surface area contributed by atoms with E-state index in [1.165, 1.54) is 125 Å². The first-order valence-electron chi connectivity index (χ1n) is 19.6. The van der Waals surface area contributed by atoms with Crippen LogP contribution in [0.15, 0.2) is 85.5 Å². The van der Waals surface area contributed by atoms with Gasteiger partial charge < -0.3 is 0 Å². The molecular weight excluding hydrogens is 740 g/mol. The lowest BCUT2D eigenvalue weighted by molar-refractivity contribution is -0.697. The highest BCUT2D eigenvalue weighted by molar-refractivity contribution is 9.09. The Labute approximate surface area is 323 Å². The number of alkyl halides is 2. The third-order valence-corrected chi connectivity index (χ3v) is 11.2. The van der Waals surface area contributed by atoms with E-state index in [1.807, 2.05) is 0 Å². The molecule has 2 nitrogen and oxygen atoms in total. The van der Waals surface area contributed by atoms with Crippen molar-refractivity contribution in [1.82, 2.24) is 0 Å². The molecule has 272 valence electrons. The lowest BCUT2D eigenvalue weighted by Crippen LogP contribution is -2.33. The molecule has 2 aromatic heterocycles. The highest BCUT2D eigenvalue weighted by Gasteiger charge is 2.07. The summed E-state index contributed by atoms with van der Waals surface area (Å²) in [6.07, 6.45) is 29.5. The first-order chi connectivity index (χ1) is 24.4. The Hall–Kier alpha value is -2.30. The molecule has 4 aromatic rings. The molecule has 0 amide bonds. The largest absolute Gasteiger partial charge is 0.205 e. The molecule has 0 fully saturated rings. The van der Waals surface area contributed by atoms with Gasteiger partial charge in [0, 0.05) is 46.8 Å². The summed E-state index contributed by atoms with van der Waals surface area (Å²) in [5.41, 5.74) is 11.8. The highest BCUT2D eigenvalue weighted by atomic mass is 79.9. The monoisotopic (exact) mass is 804 g/mol. The first kappa shape index (κ1) is 42.1. The van der Waals surface area contributed by atoms with Crippen molar-refractivity contribution in [1.29, 1.82) is 0 Å². The molecule has 2 heterocycles. The smallest absolute Gasteiger partial charge is 0.171 e. The molecular formula is C46H66Br2N2+2. The van der Waals surface area contributed by atoms with E-state index in [4.69, 9.17) is 0 Å². The number of aromatic nitrogens is 2. The van der Waals surface area contributed by atoms with Crippen LogP contribution in [0, 0.1) is 27.7 Å². The Morgan fingerprint density at radius 3 is 1.00 bits per heavy atom. The van der Waals surface area contributed by atoms with E-state index < -0.39 is 0 Å². The van der Waals surface area contributed by atoms with Crippen LogP contribution in [0.2, 0.25) is 0 Å². The summed E-state index contributed by atoms with van der Waals surface area (Å²) >= 11 is 6.99. The minimum absolute atomic E-state index is 1.13. The molecule has 50 heavy (non-hydrogen) atoms. The van der Waals surface area contributed by atoms with Gasteiger partial charge in [-0.25, -0.2) is 9.13 Å². The van der Waals surface area contributed by atoms with Gasteiger partial charge in [0.1, 0.15) is 13.1 Å². The second-order valence-corrected chi connectivity index (χ2v) is 15.8. The van der Waals surface area contributed by atoms with E-state index in [1.54, 1.807) is 22.3 Å². The predicted molar refractivity (Wildman–Crippen MR) is 223 cm³/mol. The molecule has 0 unspecified atom stereocenters. The second-order valence-electron chi connectivity index (χ2n) is 14.3. The molecule has 0 aliphatic rings. The standard InChI is InChI=1S/C30H42N2.C16H24Br2/c1-25-17-21-31(23-27(25)3)19-11-5-7-13-29-15-9-10-16-30(29)14-8-6-12-20-32-22-18-26(2)28(4)24-32;17-13-7-1-3-9-15-11-5-6-12-16(15)10-4-2-8-14-18/h9-10,15-18,21-24H,5-8,11-14,19-20H2,1-4H3;5-6,11-12H,1-4,7-10,13-14H2/q+2;. The van der Waals surface area contributed by atoms with Gasteiger partial charge >= 0.3 is 0 Å². The minimum Gasteiger partial charge on any atom is -0.205 e. The van der Waals surface area contributed by atoms with Crippen LogP contribution in [0.25, 0.3) is 0 Å². The summed E-state index contributed by atoms with van der Waals surface area (Å²) in [6.45, 7) is 11.0. The van der Waals surface area contributed by atoms with Crippen molar-refractivity contribution >= 4 is 31.9 Å². The van der Waals surface area contributed by atoms with Gasteiger partial charge in [-0.15, -0.1) is 0 Å². The predicted octanol–water partition coefficient (Wildman–Crippen LogP) is 12.2. The minimum atomic E-state index is 1.13. The normalized spacial score (nSPS) is 11.0. The van der Waals surface area contributed by atoms with E-state index in [0.29, 0.717) is 0 Å². The molecule has 4 heteroatoms. The van der Waals surface area contributed by atoms with Gasteiger partial charge in [0.15, 0.2) is 24.8 Å². The number of nitrogens with zero attached hydrogens (tertiary/aromatic N) is 2. The molecule has 0 atom stereocenters. The number of hydrogen-bond donors (Lipinski definition) is 0. The number of benzene rings is 2. The molecule has 0 aliphatic heterocycles. The molecule has 0 radical (unpaired) electrons. The van der Waals surface area contributed by atoms with Crippen molar-refractivity contribution in [2.24, 2.45) is 0 Å². The zero-order valence-electron chi connectivity index (χ0n) is 31.9. The van der Waals surface area contributed by atoms with Crippen LogP contribution >= 0.6 is 31.9 Å². The number of hydrogen-bond acceptors (Lipinski definition) is 0. The van der Waals surface area contributed by atoms with Gasteiger partial charge in [0.25, 0.3) is 0 Å². The van der Waals surface area contributed by atoms with Crippen molar-refractivity contribution in [3.05, 3.63) is 130 Å². The van der Waals surface area contributed by atoms with E-state index >= 15 is 0 Å². The summed E-state index contributed by atoms with van der Waals surface area (Å²) < 4.78 is 4.68. The van der Waals surface area contributed by atoms with E-state index in [2.05, 4.69) is 154 Å². The molecule has 2 aromatic carbocycles. The van der Waals surface area contributed by atoms with Crippen LogP contribution in [-0.4, -0.2) is 10.7 Å². The Balaban J connectivity index is 0.000000319. The van der Waals surface area contributed by atoms with E-state index in [9.17, 15) is 0 Å². The summed E-state index contributed by atoms with van der Waals surface area (Å²) in [5.74, 6) is 0. The highest BCUT2D eigenvalue weighted by Crippen LogP contribution is 2.18. The van der Waals surface area contributed by atoms with Crippen LogP contribution in [-0.2, 0) is 38.8 Å². The number of pyridine rings is 2. The van der Waals surface area contributed by atoms with Gasteiger partial charge in [-0.3, -0.25) is 0 Å². The fourth-order valence-corrected chi connectivity index (χ4v) is 7.37. The summed E-state index contributed by atoms with van der Waals surface area (Å²) in [7, 11) is 0. The summed E-state index contributed by atoms with van der Waals surface area (Å²) in [6, 6.07) is 22.6. The second kappa shape index (κ2) is 25.6. The van der Waals surface area contributed by atoms with Gasteiger partial charge in [0.05, 0.1) is 0 Å². The summed E-state index contributed by atoms with van der Waals surface area (Å²) in [5, 5.41) is 2.28. The molecule has 0 saturated heterocycles. The number of aryl methyl sites for hydroxylation is 10. The van der Waals surface area contributed by atoms with Gasteiger partial charge in [0.2, 0.25) is 0 Å². The van der Waals surface area contributed by atoms with Crippen molar-refractivity contribution in [2.75, 3.05) is 10.7 Å². The Morgan fingerprint density at radius 2 is 0.700 bits per heavy atom. The van der Waals surface area contributed by atoms with Crippen molar-refractivity contribution in [3.8, 4) is 0 Å². The van der Waals surface area contributed by atoms with Gasteiger partial charge in [-0.05, 0) is 138 Å². The van der Waals surface area contributed by atoms with Gasteiger partial charge in [-0.2, -0.15) is 0 Å². The average Bonchev–Trinajstić information content (AvgIpc) is 3.12. The van der Waals surface area contributed by atoms with Crippen molar-refractivity contribution < 1.29 is 9.13 Å². The van der Waals surface area contributed by atoms with Crippen LogP contribution in [0.3, 0.4) is 0 Å². The zero-order chi connectivity index (χ0) is 35.8. The molecule has 0 saturated carbocycles. The van der Waals surface area contributed by atoms with Crippen LogP contribution < -0.4 is 9.13 Å². The van der Waals surface area contributed by atoms with E-state index in [-0.39, 0.29) is 0 Å². The third kappa shape index (κ3) is 16.8. The van der Waals surface area contributed by atoms with Gasteiger partial charge in [-0.1, -0.05) is 93.2 Å². The maximum Gasteiger partial charge on any atom is 0.171 e. The number of unbranched alkanes of at least 4 members (excludes halogenated alkanes) is 8.